The van der Waals surface area contributed by atoms with E-state index in [1.165, 1.54) is 12.8 Å². The molecule has 3 heteroatoms. The molecular formula is C16H16BrNO. The van der Waals surface area contributed by atoms with Crippen LogP contribution in [0.3, 0.4) is 0 Å². The van der Waals surface area contributed by atoms with Gasteiger partial charge >= 0.3 is 0 Å². The third kappa shape index (κ3) is 2.52. The van der Waals surface area contributed by atoms with Crippen LogP contribution in [-0.2, 0) is 0 Å². The number of halogens is 1. The Kier molecular flexibility index (Phi) is 3.31. The van der Waals surface area contributed by atoms with Gasteiger partial charge in [-0.2, -0.15) is 0 Å². The zero-order chi connectivity index (χ0) is 13.3. The maximum Gasteiger partial charge on any atom is 0.251 e. The molecule has 0 unspecified atom stereocenters. The number of benzene rings is 2. The van der Waals surface area contributed by atoms with Gasteiger partial charge in [-0.15, -0.1) is 0 Å². The normalized spacial score (nSPS) is 16.3. The van der Waals surface area contributed by atoms with Crippen molar-refractivity contribution in [2.75, 3.05) is 11.9 Å². The van der Waals surface area contributed by atoms with E-state index in [0.29, 0.717) is 5.41 Å². The Morgan fingerprint density at radius 3 is 2.63 bits per heavy atom. The summed E-state index contributed by atoms with van der Waals surface area (Å²) in [4.78, 5) is 12.3. The summed E-state index contributed by atoms with van der Waals surface area (Å²) in [6.07, 6.45) is 2.40. The van der Waals surface area contributed by atoms with Gasteiger partial charge < -0.3 is 5.32 Å². The molecule has 0 heterocycles. The lowest BCUT2D eigenvalue weighted by Gasteiger charge is -2.13. The van der Waals surface area contributed by atoms with Crippen LogP contribution in [0.25, 0.3) is 10.8 Å². The first-order valence-electron chi connectivity index (χ1n) is 6.56. The molecule has 1 aliphatic carbocycles. The molecule has 19 heavy (non-hydrogen) atoms. The number of hydrogen-bond donors (Lipinski definition) is 1. The first-order chi connectivity index (χ1) is 9.24. The first-order valence-corrected chi connectivity index (χ1v) is 7.68. The van der Waals surface area contributed by atoms with Crippen molar-refractivity contribution >= 4 is 32.6 Å². The molecule has 1 fully saturated rings. The SMILES string of the molecule is O=C(NCC1(CBr)CC1)c1cccc2ccccc12. The minimum atomic E-state index is 0.0315. The van der Waals surface area contributed by atoms with Crippen molar-refractivity contribution in [3.8, 4) is 0 Å². The van der Waals surface area contributed by atoms with Crippen LogP contribution in [0.15, 0.2) is 42.5 Å². The fraction of sp³-hybridized carbons (Fsp3) is 0.312. The first kappa shape index (κ1) is 12.7. The second-order valence-electron chi connectivity index (χ2n) is 5.34. The Morgan fingerprint density at radius 1 is 1.16 bits per heavy atom. The van der Waals surface area contributed by atoms with Gasteiger partial charge in [0.1, 0.15) is 0 Å². The second-order valence-corrected chi connectivity index (χ2v) is 5.90. The van der Waals surface area contributed by atoms with E-state index in [0.717, 1.165) is 28.2 Å². The van der Waals surface area contributed by atoms with Crippen LogP contribution in [-0.4, -0.2) is 17.8 Å². The molecule has 2 aromatic carbocycles. The number of fused-ring (bicyclic) bond motifs is 1. The molecular weight excluding hydrogens is 302 g/mol. The highest BCUT2D eigenvalue weighted by Gasteiger charge is 2.41. The van der Waals surface area contributed by atoms with E-state index in [2.05, 4.69) is 21.2 Å². The van der Waals surface area contributed by atoms with E-state index in [4.69, 9.17) is 0 Å². The van der Waals surface area contributed by atoms with Crippen LogP contribution >= 0.6 is 15.9 Å². The molecule has 0 aromatic heterocycles. The molecule has 3 rings (SSSR count). The van der Waals surface area contributed by atoms with Crippen LogP contribution < -0.4 is 5.32 Å². The predicted octanol–water partition coefficient (Wildman–Crippen LogP) is 3.74. The van der Waals surface area contributed by atoms with E-state index in [1.54, 1.807) is 0 Å². The number of nitrogens with one attached hydrogen (secondary N) is 1. The smallest absolute Gasteiger partial charge is 0.251 e. The number of amides is 1. The standard InChI is InChI=1S/C16H16BrNO/c17-10-16(8-9-16)11-18-15(19)14-7-3-5-12-4-1-2-6-13(12)14/h1-7H,8-11H2,(H,18,19). The summed E-state index contributed by atoms with van der Waals surface area (Å²) in [5, 5.41) is 6.17. The Bertz CT molecular complexity index is 614. The van der Waals surface area contributed by atoms with Gasteiger partial charge in [0, 0.05) is 17.4 Å². The highest BCUT2D eigenvalue weighted by Crippen LogP contribution is 2.46. The molecule has 0 aliphatic heterocycles. The second kappa shape index (κ2) is 4.97. The van der Waals surface area contributed by atoms with Crippen molar-refractivity contribution in [1.82, 2.24) is 5.32 Å². The molecule has 1 saturated carbocycles. The number of alkyl halides is 1. The van der Waals surface area contributed by atoms with E-state index < -0.39 is 0 Å². The Labute approximate surface area is 121 Å². The molecule has 0 bridgehead atoms. The van der Waals surface area contributed by atoms with Crippen LogP contribution in [0.2, 0.25) is 0 Å². The molecule has 1 N–H and O–H groups in total. The van der Waals surface area contributed by atoms with Crippen molar-refractivity contribution in [3.05, 3.63) is 48.0 Å². The largest absolute Gasteiger partial charge is 0.351 e. The van der Waals surface area contributed by atoms with Gasteiger partial charge in [-0.1, -0.05) is 52.3 Å². The third-order valence-electron chi connectivity index (χ3n) is 3.90. The Morgan fingerprint density at radius 2 is 1.89 bits per heavy atom. The van der Waals surface area contributed by atoms with Crippen LogP contribution in [0, 0.1) is 5.41 Å². The molecule has 1 aliphatic rings. The molecule has 0 radical (unpaired) electrons. The Balaban J connectivity index is 1.82. The molecule has 2 nitrogen and oxygen atoms in total. The minimum Gasteiger partial charge on any atom is -0.351 e. The van der Waals surface area contributed by atoms with Crippen LogP contribution in [0.4, 0.5) is 0 Å². The summed E-state index contributed by atoms with van der Waals surface area (Å²) in [5.41, 5.74) is 1.07. The summed E-state index contributed by atoms with van der Waals surface area (Å²) >= 11 is 3.53. The van der Waals surface area contributed by atoms with E-state index >= 15 is 0 Å². The zero-order valence-electron chi connectivity index (χ0n) is 10.7. The molecule has 1 amide bonds. The highest BCUT2D eigenvalue weighted by atomic mass is 79.9. The molecule has 0 atom stereocenters. The van der Waals surface area contributed by atoms with E-state index in [-0.39, 0.29) is 5.91 Å². The van der Waals surface area contributed by atoms with Gasteiger partial charge in [-0.05, 0) is 35.1 Å². The van der Waals surface area contributed by atoms with Gasteiger partial charge in [0.05, 0.1) is 0 Å². The fourth-order valence-corrected chi connectivity index (χ4v) is 3.08. The maximum absolute atomic E-state index is 12.3. The van der Waals surface area contributed by atoms with Gasteiger partial charge in [-0.3, -0.25) is 4.79 Å². The monoisotopic (exact) mass is 317 g/mol. The van der Waals surface area contributed by atoms with Gasteiger partial charge in [-0.25, -0.2) is 0 Å². The van der Waals surface area contributed by atoms with Crippen molar-refractivity contribution in [2.45, 2.75) is 12.8 Å². The number of hydrogen-bond acceptors (Lipinski definition) is 1. The molecule has 98 valence electrons. The van der Waals surface area contributed by atoms with Crippen molar-refractivity contribution in [1.29, 1.82) is 0 Å². The Hall–Kier alpha value is -1.35. The fourth-order valence-electron chi connectivity index (χ4n) is 2.32. The van der Waals surface area contributed by atoms with Crippen molar-refractivity contribution in [3.63, 3.8) is 0 Å². The topological polar surface area (TPSA) is 29.1 Å². The average molecular weight is 318 g/mol. The van der Waals surface area contributed by atoms with E-state index in [9.17, 15) is 4.79 Å². The molecule has 0 spiro atoms. The predicted molar refractivity (Wildman–Crippen MR) is 81.7 cm³/mol. The average Bonchev–Trinajstić information content (AvgIpc) is 3.25. The van der Waals surface area contributed by atoms with Crippen LogP contribution in [0.5, 0.6) is 0 Å². The number of carbonyl (C=O) groups excluding carboxylic acids is 1. The number of rotatable bonds is 4. The lowest BCUT2D eigenvalue weighted by Crippen LogP contribution is -2.31. The lowest BCUT2D eigenvalue weighted by atomic mass is 10.0. The zero-order valence-corrected chi connectivity index (χ0v) is 12.2. The lowest BCUT2D eigenvalue weighted by molar-refractivity contribution is 0.0948. The summed E-state index contributed by atoms with van der Waals surface area (Å²) < 4.78 is 0. The minimum absolute atomic E-state index is 0.0315. The summed E-state index contributed by atoms with van der Waals surface area (Å²) in [7, 11) is 0. The van der Waals surface area contributed by atoms with Crippen molar-refractivity contribution in [2.24, 2.45) is 5.41 Å². The maximum atomic E-state index is 12.3. The van der Waals surface area contributed by atoms with Gasteiger partial charge in [0.25, 0.3) is 5.91 Å². The summed E-state index contributed by atoms with van der Waals surface area (Å²) in [6, 6.07) is 13.9. The number of carbonyl (C=O) groups is 1. The van der Waals surface area contributed by atoms with Crippen LogP contribution in [0.1, 0.15) is 23.2 Å². The molecule has 2 aromatic rings. The van der Waals surface area contributed by atoms with E-state index in [1.807, 2.05) is 42.5 Å². The van der Waals surface area contributed by atoms with Crippen molar-refractivity contribution < 1.29 is 4.79 Å². The summed E-state index contributed by atoms with van der Waals surface area (Å²) in [6.45, 7) is 0.764. The summed E-state index contributed by atoms with van der Waals surface area (Å²) in [5.74, 6) is 0.0315. The molecule has 0 saturated heterocycles. The third-order valence-corrected chi connectivity index (χ3v) is 5.09. The highest BCUT2D eigenvalue weighted by molar-refractivity contribution is 9.09. The quantitative estimate of drug-likeness (QED) is 0.855. The van der Waals surface area contributed by atoms with Gasteiger partial charge in [0.2, 0.25) is 0 Å². The van der Waals surface area contributed by atoms with Gasteiger partial charge in [0.15, 0.2) is 0 Å².